The van der Waals surface area contributed by atoms with Crippen LogP contribution in [0.1, 0.15) is 36.2 Å². The van der Waals surface area contributed by atoms with E-state index in [1.165, 1.54) is 0 Å². The zero-order chi connectivity index (χ0) is 15.2. The van der Waals surface area contributed by atoms with Gasteiger partial charge in [0.25, 0.3) is 0 Å². The molecule has 4 heteroatoms. The van der Waals surface area contributed by atoms with Gasteiger partial charge in [-0.3, -0.25) is 9.78 Å². The highest BCUT2D eigenvalue weighted by atomic mass is 35.5. The Bertz CT molecular complexity index is 613. The first-order chi connectivity index (χ1) is 10.1. The van der Waals surface area contributed by atoms with Crippen molar-refractivity contribution < 1.29 is 4.79 Å². The molecular weight excluding hydrogens is 284 g/mol. The van der Waals surface area contributed by atoms with Crippen molar-refractivity contribution in [1.82, 2.24) is 10.3 Å². The number of hydrogen-bond donors (Lipinski definition) is 1. The van der Waals surface area contributed by atoms with Crippen LogP contribution in [0.4, 0.5) is 0 Å². The highest BCUT2D eigenvalue weighted by Gasteiger charge is 2.10. The fraction of sp³-hybridized carbons (Fsp3) is 0.294. The summed E-state index contributed by atoms with van der Waals surface area (Å²) in [5, 5.41) is 3.70. The van der Waals surface area contributed by atoms with Gasteiger partial charge in [-0.05, 0) is 49.6 Å². The van der Waals surface area contributed by atoms with E-state index in [-0.39, 0.29) is 11.9 Å². The third-order valence-corrected chi connectivity index (χ3v) is 3.79. The van der Waals surface area contributed by atoms with Gasteiger partial charge in [-0.25, -0.2) is 0 Å². The number of aryl methyl sites for hydroxylation is 2. The summed E-state index contributed by atoms with van der Waals surface area (Å²) < 4.78 is 0. The average molecular weight is 303 g/mol. The van der Waals surface area contributed by atoms with Gasteiger partial charge in [0.05, 0.1) is 11.7 Å². The molecule has 3 nitrogen and oxygen atoms in total. The van der Waals surface area contributed by atoms with E-state index in [4.69, 9.17) is 11.6 Å². The van der Waals surface area contributed by atoms with Crippen molar-refractivity contribution in [1.29, 1.82) is 0 Å². The molecule has 1 atom stereocenters. The number of nitrogens with zero attached hydrogens (tertiary/aromatic N) is 1. The minimum Gasteiger partial charge on any atom is -0.348 e. The van der Waals surface area contributed by atoms with Gasteiger partial charge in [0.15, 0.2) is 0 Å². The van der Waals surface area contributed by atoms with Crippen molar-refractivity contribution >= 4 is 17.5 Å². The van der Waals surface area contributed by atoms with Crippen LogP contribution in [0.3, 0.4) is 0 Å². The molecule has 0 saturated carbocycles. The first kappa shape index (κ1) is 15.5. The number of pyridine rings is 1. The summed E-state index contributed by atoms with van der Waals surface area (Å²) in [6.45, 7) is 3.90. The topological polar surface area (TPSA) is 42.0 Å². The summed E-state index contributed by atoms with van der Waals surface area (Å²) in [7, 11) is 0. The normalized spacial score (nSPS) is 12.0. The maximum Gasteiger partial charge on any atom is 0.220 e. The molecule has 1 aromatic carbocycles. The van der Waals surface area contributed by atoms with Gasteiger partial charge in [0.1, 0.15) is 0 Å². The van der Waals surface area contributed by atoms with E-state index in [1.54, 1.807) is 6.20 Å². The fourth-order valence-corrected chi connectivity index (χ4v) is 2.27. The molecule has 0 bridgehead atoms. The standard InChI is InChI=1S/C17H19ClN2O/c1-12-6-7-14(11-15(12)18)8-9-17(21)20-13(2)16-5-3-4-10-19-16/h3-7,10-11,13H,8-9H2,1-2H3,(H,20,21)/t13-/m0/s1. The molecule has 0 saturated heterocycles. The van der Waals surface area contributed by atoms with E-state index in [9.17, 15) is 4.79 Å². The van der Waals surface area contributed by atoms with Crippen LogP contribution in [-0.2, 0) is 11.2 Å². The van der Waals surface area contributed by atoms with Crippen molar-refractivity contribution in [2.75, 3.05) is 0 Å². The Hall–Kier alpha value is -1.87. The SMILES string of the molecule is Cc1ccc(CCC(=O)N[C@@H](C)c2ccccn2)cc1Cl. The Labute approximate surface area is 130 Å². The van der Waals surface area contributed by atoms with Crippen LogP contribution in [0.15, 0.2) is 42.6 Å². The summed E-state index contributed by atoms with van der Waals surface area (Å²) in [5.41, 5.74) is 2.99. The van der Waals surface area contributed by atoms with Crippen LogP contribution in [0.2, 0.25) is 5.02 Å². The van der Waals surface area contributed by atoms with Crippen molar-refractivity contribution in [2.45, 2.75) is 32.7 Å². The van der Waals surface area contributed by atoms with E-state index in [1.807, 2.05) is 50.2 Å². The molecule has 0 spiro atoms. The average Bonchev–Trinajstić information content (AvgIpc) is 2.49. The van der Waals surface area contributed by atoms with Crippen molar-refractivity contribution in [3.63, 3.8) is 0 Å². The minimum atomic E-state index is -0.0831. The van der Waals surface area contributed by atoms with Gasteiger partial charge in [-0.1, -0.05) is 29.8 Å². The molecule has 0 radical (unpaired) electrons. The Kier molecular flexibility index (Phi) is 5.34. The van der Waals surface area contributed by atoms with Crippen LogP contribution < -0.4 is 5.32 Å². The lowest BCUT2D eigenvalue weighted by Crippen LogP contribution is -2.27. The van der Waals surface area contributed by atoms with Crippen molar-refractivity contribution in [2.24, 2.45) is 0 Å². The maximum atomic E-state index is 12.0. The molecular formula is C17H19ClN2O. The lowest BCUT2D eigenvalue weighted by atomic mass is 10.1. The van der Waals surface area contributed by atoms with Gasteiger partial charge in [0.2, 0.25) is 5.91 Å². The number of rotatable bonds is 5. The summed E-state index contributed by atoms with van der Waals surface area (Å²) in [5.74, 6) is 0.0184. The van der Waals surface area contributed by atoms with Crippen LogP contribution in [0, 0.1) is 6.92 Å². The Balaban J connectivity index is 1.86. The third-order valence-electron chi connectivity index (χ3n) is 3.39. The number of carbonyl (C=O) groups is 1. The number of nitrogens with one attached hydrogen (secondary N) is 1. The number of amides is 1. The van der Waals surface area contributed by atoms with E-state index in [0.717, 1.165) is 21.8 Å². The van der Waals surface area contributed by atoms with Crippen LogP contribution in [0.5, 0.6) is 0 Å². The molecule has 21 heavy (non-hydrogen) atoms. The molecule has 1 aromatic heterocycles. The fourth-order valence-electron chi connectivity index (χ4n) is 2.07. The van der Waals surface area contributed by atoms with E-state index in [0.29, 0.717) is 12.8 Å². The molecule has 110 valence electrons. The second kappa shape index (κ2) is 7.23. The smallest absolute Gasteiger partial charge is 0.220 e. The van der Waals surface area contributed by atoms with Crippen LogP contribution >= 0.6 is 11.6 Å². The van der Waals surface area contributed by atoms with Crippen LogP contribution in [0.25, 0.3) is 0 Å². The van der Waals surface area contributed by atoms with Gasteiger partial charge in [-0.2, -0.15) is 0 Å². The van der Waals surface area contributed by atoms with Crippen molar-refractivity contribution in [3.8, 4) is 0 Å². The molecule has 2 aromatic rings. The predicted molar refractivity (Wildman–Crippen MR) is 85.3 cm³/mol. The molecule has 0 fully saturated rings. The largest absolute Gasteiger partial charge is 0.348 e. The summed E-state index contributed by atoms with van der Waals surface area (Å²) in [6, 6.07) is 11.5. The molecule has 1 N–H and O–H groups in total. The Morgan fingerprint density at radius 3 is 2.81 bits per heavy atom. The van der Waals surface area contributed by atoms with Gasteiger partial charge in [-0.15, -0.1) is 0 Å². The zero-order valence-electron chi connectivity index (χ0n) is 12.3. The van der Waals surface area contributed by atoms with Gasteiger partial charge < -0.3 is 5.32 Å². The molecule has 2 rings (SSSR count). The van der Waals surface area contributed by atoms with E-state index >= 15 is 0 Å². The van der Waals surface area contributed by atoms with E-state index in [2.05, 4.69) is 10.3 Å². The molecule has 1 heterocycles. The molecule has 1 amide bonds. The molecule has 0 aliphatic rings. The second-order valence-electron chi connectivity index (χ2n) is 5.13. The maximum absolute atomic E-state index is 12.0. The molecule has 0 aliphatic heterocycles. The quantitative estimate of drug-likeness (QED) is 0.911. The van der Waals surface area contributed by atoms with Gasteiger partial charge >= 0.3 is 0 Å². The van der Waals surface area contributed by atoms with Gasteiger partial charge in [0, 0.05) is 17.6 Å². The highest BCUT2D eigenvalue weighted by molar-refractivity contribution is 6.31. The highest BCUT2D eigenvalue weighted by Crippen LogP contribution is 2.17. The summed E-state index contributed by atoms with van der Waals surface area (Å²) in [4.78, 5) is 16.2. The second-order valence-corrected chi connectivity index (χ2v) is 5.53. The lowest BCUT2D eigenvalue weighted by molar-refractivity contribution is -0.121. The monoisotopic (exact) mass is 302 g/mol. The Morgan fingerprint density at radius 2 is 2.14 bits per heavy atom. The zero-order valence-corrected chi connectivity index (χ0v) is 13.0. The number of halogens is 1. The number of carbonyl (C=O) groups excluding carboxylic acids is 1. The predicted octanol–water partition coefficient (Wildman–Crippen LogP) is 3.85. The van der Waals surface area contributed by atoms with E-state index < -0.39 is 0 Å². The van der Waals surface area contributed by atoms with Crippen molar-refractivity contribution in [3.05, 3.63) is 64.4 Å². The minimum absolute atomic E-state index is 0.0184. The summed E-state index contributed by atoms with van der Waals surface area (Å²) in [6.07, 6.45) is 2.85. The van der Waals surface area contributed by atoms with Crippen LogP contribution in [-0.4, -0.2) is 10.9 Å². The molecule has 0 aliphatic carbocycles. The first-order valence-corrected chi connectivity index (χ1v) is 7.39. The summed E-state index contributed by atoms with van der Waals surface area (Å²) >= 11 is 6.08. The first-order valence-electron chi connectivity index (χ1n) is 7.01. The Morgan fingerprint density at radius 1 is 1.33 bits per heavy atom. The molecule has 0 unspecified atom stereocenters. The number of aromatic nitrogens is 1. The third kappa shape index (κ3) is 4.57. The number of benzene rings is 1. The number of hydrogen-bond acceptors (Lipinski definition) is 2. The lowest BCUT2D eigenvalue weighted by Gasteiger charge is -2.13.